The average molecular weight is 273 g/mol. The van der Waals surface area contributed by atoms with E-state index in [2.05, 4.69) is 0 Å². The Hall–Kier alpha value is -1.93. The molecule has 0 aromatic heterocycles. The first-order chi connectivity index (χ1) is 8.01. The number of anilines is 1. The summed E-state index contributed by atoms with van der Waals surface area (Å²) in [5.41, 5.74) is -2.26. The first kappa shape index (κ1) is 14.1. The molecular weight excluding hydrogens is 268 g/mol. The van der Waals surface area contributed by atoms with Crippen LogP contribution in [-0.2, 0) is 11.0 Å². The second-order valence-corrected chi connectivity index (χ2v) is 3.18. The molecule has 100 valence electrons. The molecule has 0 aliphatic carbocycles. The van der Waals surface area contributed by atoms with Crippen molar-refractivity contribution in [2.45, 2.75) is 12.4 Å². The largest absolute Gasteiger partial charge is 0.507 e. The molecule has 9 heteroatoms. The van der Waals surface area contributed by atoms with Gasteiger partial charge in [-0.1, -0.05) is 0 Å². The molecule has 0 radical (unpaired) electrons. The van der Waals surface area contributed by atoms with E-state index >= 15 is 0 Å². The number of nitrogens with one attached hydrogen (secondary N) is 1. The molecule has 0 unspecified atom stereocenters. The Morgan fingerprint density at radius 1 is 1.11 bits per heavy atom. The summed E-state index contributed by atoms with van der Waals surface area (Å²) in [7, 11) is 0. The van der Waals surface area contributed by atoms with Gasteiger partial charge in [0.05, 0.1) is 5.56 Å². The number of carbonyl (C=O) groups excluding carboxylic acids is 1. The summed E-state index contributed by atoms with van der Waals surface area (Å²) in [5, 5.41) is 10.2. The van der Waals surface area contributed by atoms with E-state index < -0.39 is 35.3 Å². The molecule has 1 aromatic rings. The van der Waals surface area contributed by atoms with Crippen LogP contribution in [0.2, 0.25) is 0 Å². The van der Waals surface area contributed by atoms with Crippen LogP contribution >= 0.6 is 0 Å². The molecule has 3 nitrogen and oxygen atoms in total. The Labute approximate surface area is 96.0 Å². The number of halogens is 6. The maximum absolute atomic E-state index is 12.3. The molecule has 0 aliphatic rings. The molecule has 0 atom stereocenters. The average Bonchev–Trinajstić information content (AvgIpc) is 2.17. The number of aromatic hydroxyl groups is 1. The SMILES string of the molecule is O=C(Nc1ccc(O)c(C(F)(F)F)c1)C(F)(F)F. The fourth-order valence-corrected chi connectivity index (χ4v) is 1.04. The lowest BCUT2D eigenvalue weighted by molar-refractivity contribution is -0.167. The van der Waals surface area contributed by atoms with E-state index in [4.69, 9.17) is 5.11 Å². The van der Waals surface area contributed by atoms with Crippen LogP contribution in [0.5, 0.6) is 5.75 Å². The van der Waals surface area contributed by atoms with Crippen molar-refractivity contribution < 1.29 is 36.2 Å². The van der Waals surface area contributed by atoms with Crippen molar-refractivity contribution in [3.63, 3.8) is 0 Å². The second-order valence-electron chi connectivity index (χ2n) is 3.18. The molecular formula is C9H5F6NO2. The predicted molar refractivity (Wildman–Crippen MR) is 47.8 cm³/mol. The zero-order valence-corrected chi connectivity index (χ0v) is 8.36. The molecule has 1 aromatic carbocycles. The second kappa shape index (κ2) is 4.39. The Kier molecular flexibility index (Phi) is 3.45. The lowest BCUT2D eigenvalue weighted by atomic mass is 10.1. The smallest absolute Gasteiger partial charge is 0.471 e. The lowest BCUT2D eigenvalue weighted by Gasteiger charge is -2.12. The van der Waals surface area contributed by atoms with Gasteiger partial charge in [0.1, 0.15) is 5.75 Å². The minimum absolute atomic E-state index is 0.207. The molecule has 0 heterocycles. The monoisotopic (exact) mass is 273 g/mol. The summed E-state index contributed by atoms with van der Waals surface area (Å²) < 4.78 is 72.5. The van der Waals surface area contributed by atoms with Crippen molar-refractivity contribution in [2.75, 3.05) is 5.32 Å². The number of phenols is 1. The first-order valence-corrected chi connectivity index (χ1v) is 4.30. The molecule has 0 fully saturated rings. The number of rotatable bonds is 1. The van der Waals surface area contributed by atoms with Crippen LogP contribution in [-0.4, -0.2) is 17.2 Å². The summed E-state index contributed by atoms with van der Waals surface area (Å²) in [4.78, 5) is 10.5. The van der Waals surface area contributed by atoms with Crippen LogP contribution in [0.15, 0.2) is 18.2 Å². The first-order valence-electron chi connectivity index (χ1n) is 4.30. The van der Waals surface area contributed by atoms with Gasteiger partial charge in [-0.05, 0) is 18.2 Å². The van der Waals surface area contributed by atoms with Crippen LogP contribution in [0.25, 0.3) is 0 Å². The van der Waals surface area contributed by atoms with Crippen LogP contribution in [0.4, 0.5) is 32.0 Å². The Morgan fingerprint density at radius 3 is 2.11 bits per heavy atom. The summed E-state index contributed by atoms with van der Waals surface area (Å²) in [6, 6.07) is 1.46. The molecule has 0 spiro atoms. The van der Waals surface area contributed by atoms with Crippen molar-refractivity contribution in [3.05, 3.63) is 23.8 Å². The summed E-state index contributed by atoms with van der Waals surface area (Å²) in [5.74, 6) is -3.55. The zero-order chi connectivity index (χ0) is 14.1. The molecule has 0 saturated heterocycles. The molecule has 1 amide bonds. The van der Waals surface area contributed by atoms with Crippen LogP contribution in [0, 0.1) is 0 Å². The fraction of sp³-hybridized carbons (Fsp3) is 0.222. The van der Waals surface area contributed by atoms with E-state index in [0.29, 0.717) is 12.1 Å². The summed E-state index contributed by atoms with van der Waals surface area (Å²) in [6.45, 7) is 0. The van der Waals surface area contributed by atoms with Gasteiger partial charge in [-0.2, -0.15) is 26.3 Å². The molecule has 2 N–H and O–H groups in total. The minimum atomic E-state index is -5.21. The highest BCUT2D eigenvalue weighted by atomic mass is 19.4. The van der Waals surface area contributed by atoms with E-state index in [-0.39, 0.29) is 6.07 Å². The van der Waals surface area contributed by atoms with E-state index in [1.807, 2.05) is 0 Å². The number of alkyl halides is 6. The van der Waals surface area contributed by atoms with Gasteiger partial charge in [-0.3, -0.25) is 4.79 Å². The van der Waals surface area contributed by atoms with Gasteiger partial charge in [0.25, 0.3) is 0 Å². The highest BCUT2D eigenvalue weighted by Gasteiger charge is 2.39. The highest BCUT2D eigenvalue weighted by molar-refractivity contribution is 5.95. The van der Waals surface area contributed by atoms with Crippen LogP contribution in [0.1, 0.15) is 5.56 Å². The van der Waals surface area contributed by atoms with Gasteiger partial charge in [-0.15, -0.1) is 0 Å². The minimum Gasteiger partial charge on any atom is -0.507 e. The van der Waals surface area contributed by atoms with Gasteiger partial charge >= 0.3 is 18.3 Å². The van der Waals surface area contributed by atoms with Crippen molar-refractivity contribution >= 4 is 11.6 Å². The van der Waals surface area contributed by atoms with Gasteiger partial charge in [0, 0.05) is 5.69 Å². The fourth-order valence-electron chi connectivity index (χ4n) is 1.04. The molecule has 18 heavy (non-hydrogen) atoms. The summed E-state index contributed by atoms with van der Waals surface area (Å²) in [6.07, 6.45) is -10.2. The van der Waals surface area contributed by atoms with Crippen molar-refractivity contribution in [3.8, 4) is 5.75 Å². The lowest BCUT2D eigenvalue weighted by Crippen LogP contribution is -2.30. The number of phenolic OH excluding ortho intramolecular Hbond substituents is 1. The van der Waals surface area contributed by atoms with E-state index in [9.17, 15) is 31.1 Å². The number of amides is 1. The van der Waals surface area contributed by atoms with Gasteiger partial charge in [0.15, 0.2) is 0 Å². The molecule has 0 saturated carbocycles. The normalized spacial score (nSPS) is 12.3. The third-order valence-corrected chi connectivity index (χ3v) is 1.82. The van der Waals surface area contributed by atoms with Crippen molar-refractivity contribution in [2.24, 2.45) is 0 Å². The molecule has 1 rings (SSSR count). The van der Waals surface area contributed by atoms with Crippen LogP contribution < -0.4 is 5.32 Å². The van der Waals surface area contributed by atoms with E-state index in [1.54, 1.807) is 0 Å². The third-order valence-electron chi connectivity index (χ3n) is 1.82. The van der Waals surface area contributed by atoms with E-state index in [1.165, 1.54) is 5.32 Å². The Bertz CT molecular complexity index is 465. The van der Waals surface area contributed by atoms with Crippen LogP contribution in [0.3, 0.4) is 0 Å². The number of hydrogen-bond acceptors (Lipinski definition) is 2. The Balaban J connectivity index is 3.04. The topological polar surface area (TPSA) is 49.3 Å². The molecule has 0 bridgehead atoms. The third kappa shape index (κ3) is 3.28. The zero-order valence-electron chi connectivity index (χ0n) is 8.36. The Morgan fingerprint density at radius 2 is 1.67 bits per heavy atom. The van der Waals surface area contributed by atoms with Gasteiger partial charge in [-0.25, -0.2) is 0 Å². The van der Waals surface area contributed by atoms with Gasteiger partial charge < -0.3 is 10.4 Å². The number of benzene rings is 1. The van der Waals surface area contributed by atoms with Crippen molar-refractivity contribution in [1.29, 1.82) is 0 Å². The quantitative estimate of drug-likeness (QED) is 0.610. The predicted octanol–water partition coefficient (Wildman–Crippen LogP) is 2.91. The standard InChI is InChI=1S/C9H5F6NO2/c10-8(11,12)5-3-4(1-2-6(5)17)16-7(18)9(13,14)15/h1-3,17H,(H,16,18). The maximum atomic E-state index is 12.3. The highest BCUT2D eigenvalue weighted by Crippen LogP contribution is 2.37. The van der Waals surface area contributed by atoms with Crippen molar-refractivity contribution in [1.82, 2.24) is 0 Å². The molecule has 0 aliphatic heterocycles. The number of carbonyl (C=O) groups is 1. The van der Waals surface area contributed by atoms with E-state index in [0.717, 1.165) is 0 Å². The number of hydrogen-bond donors (Lipinski definition) is 2. The maximum Gasteiger partial charge on any atom is 0.471 e. The summed E-state index contributed by atoms with van der Waals surface area (Å²) >= 11 is 0. The van der Waals surface area contributed by atoms with Gasteiger partial charge in [0.2, 0.25) is 0 Å².